The fourth-order valence-electron chi connectivity index (χ4n) is 6.44. The largest absolute Gasteiger partial charge is 2.00 e. The van der Waals surface area contributed by atoms with E-state index in [1.165, 1.54) is 56.9 Å². The van der Waals surface area contributed by atoms with Gasteiger partial charge in [-0.15, -0.1) is 0 Å². The average molecular weight is 460 g/mol. The van der Waals surface area contributed by atoms with Gasteiger partial charge in [0.1, 0.15) is 0 Å². The molecule has 0 N–H and O–H groups in total. The second-order valence-electron chi connectivity index (χ2n) is 9.25. The van der Waals surface area contributed by atoms with Crippen LogP contribution in [0.2, 0.25) is 0 Å². The van der Waals surface area contributed by atoms with Crippen LogP contribution in [-0.2, 0) is 9.53 Å². The molecular weight excluding hydrogens is 424 g/mol. The molecule has 4 heteroatoms. The van der Waals surface area contributed by atoms with Gasteiger partial charge in [-0.2, -0.15) is 6.42 Å². The monoisotopic (exact) mass is 458 g/mol. The van der Waals surface area contributed by atoms with Crippen molar-refractivity contribution in [2.75, 3.05) is 6.61 Å². The molecule has 4 aliphatic carbocycles. The average Bonchev–Trinajstić information content (AvgIpc) is 2.97. The molecule has 152 valence electrons. The van der Waals surface area contributed by atoms with Crippen molar-refractivity contribution in [2.45, 2.75) is 90.1 Å². The van der Waals surface area contributed by atoms with E-state index < -0.39 is 0 Å². The smallest absolute Gasteiger partial charge is 1.00 e. The summed E-state index contributed by atoms with van der Waals surface area (Å²) < 4.78 is 6.43. The number of rotatable bonds is 6. The van der Waals surface area contributed by atoms with Crippen molar-refractivity contribution in [2.24, 2.45) is 17.3 Å². The Balaban J connectivity index is 0.00000140. The minimum Gasteiger partial charge on any atom is -1.00 e. The van der Waals surface area contributed by atoms with Crippen molar-refractivity contribution < 1.29 is 26.5 Å². The third kappa shape index (κ3) is 4.65. The third-order valence-corrected chi connectivity index (χ3v) is 7.86. The predicted octanol–water partition coefficient (Wildman–Crippen LogP) is 2.60. The minimum atomic E-state index is 0. The predicted molar refractivity (Wildman–Crippen MR) is 111 cm³/mol. The fraction of sp³-hybridized carbons (Fsp3) is 0.750. The molecule has 28 heavy (non-hydrogen) atoms. The Labute approximate surface area is 198 Å². The molecule has 0 aromatic carbocycles. The van der Waals surface area contributed by atoms with Gasteiger partial charge in [-0.3, -0.25) is 4.79 Å². The Bertz CT molecular complexity index is 626. The van der Waals surface area contributed by atoms with Crippen molar-refractivity contribution in [3.8, 4) is 0 Å². The topological polar surface area (TPSA) is 26.3 Å². The zero-order valence-electron chi connectivity index (χ0n) is 17.6. The second-order valence-corrected chi connectivity index (χ2v) is 9.25. The molecule has 2 saturated carbocycles. The summed E-state index contributed by atoms with van der Waals surface area (Å²) in [5, 5.41) is 0. The van der Waals surface area contributed by atoms with E-state index in [-0.39, 0.29) is 40.0 Å². The molecule has 0 aliphatic heterocycles. The van der Waals surface area contributed by atoms with Crippen molar-refractivity contribution in [1.29, 1.82) is 0 Å². The maximum atomic E-state index is 11.8. The maximum Gasteiger partial charge on any atom is 2.00 e. The molecule has 0 spiro atoms. The van der Waals surface area contributed by atoms with Crippen LogP contribution in [0.5, 0.6) is 0 Å². The van der Waals surface area contributed by atoms with Gasteiger partial charge in [0.15, 0.2) is 5.78 Å². The summed E-state index contributed by atoms with van der Waals surface area (Å²) in [6.07, 6.45) is 16.3. The summed E-state index contributed by atoms with van der Waals surface area (Å²) in [5.41, 5.74) is 5.06. The minimum absolute atomic E-state index is 0. The van der Waals surface area contributed by atoms with E-state index in [2.05, 4.69) is 13.8 Å². The molecule has 4 atom stereocenters. The van der Waals surface area contributed by atoms with Crippen molar-refractivity contribution in [3.05, 3.63) is 29.7 Å². The summed E-state index contributed by atoms with van der Waals surface area (Å²) in [6.45, 7) is 7.38. The Morgan fingerprint density at radius 1 is 1.11 bits per heavy atom. The van der Waals surface area contributed by atoms with Gasteiger partial charge in [0, 0.05) is 13.0 Å². The van der Waals surface area contributed by atoms with E-state index in [1.807, 2.05) is 6.08 Å². The molecule has 0 radical (unpaired) electrons. The Kier molecular flexibility index (Phi) is 9.32. The van der Waals surface area contributed by atoms with Crippen LogP contribution >= 0.6 is 0 Å². The summed E-state index contributed by atoms with van der Waals surface area (Å²) in [7, 11) is 0. The molecule has 0 aromatic heterocycles. The molecule has 0 saturated heterocycles. The van der Waals surface area contributed by atoms with Crippen LogP contribution in [0.15, 0.2) is 22.8 Å². The van der Waals surface area contributed by atoms with Crippen LogP contribution in [0.1, 0.15) is 84.0 Å². The van der Waals surface area contributed by atoms with Crippen molar-refractivity contribution in [1.82, 2.24) is 0 Å². The van der Waals surface area contributed by atoms with E-state index in [0.717, 1.165) is 44.1 Å². The molecule has 0 bridgehead atoms. The summed E-state index contributed by atoms with van der Waals surface area (Å²) >= 11 is 0. The van der Waals surface area contributed by atoms with Gasteiger partial charge < -0.3 is 28.6 Å². The van der Waals surface area contributed by atoms with Crippen LogP contribution in [0, 0.1) is 24.2 Å². The standard InChI is InChI=1S/C24H35O2.BrH.Mg/c1-3-4-5-6-15-26-23-12-11-22-21-9-7-17-16-18(25)8-10-19(17)20(21)13-14-24(22,23)2;;/h16,21-23H,1,3-15H2,2H3;1H;/q-1;;+2/p-1/t21-,22+,23+,24+;;/m1../s1. The van der Waals surface area contributed by atoms with Crippen molar-refractivity contribution >= 4 is 28.8 Å². The number of ketones is 1. The fourth-order valence-corrected chi connectivity index (χ4v) is 6.44. The Morgan fingerprint density at radius 3 is 2.71 bits per heavy atom. The van der Waals surface area contributed by atoms with Crippen LogP contribution in [-0.4, -0.2) is 41.5 Å². The molecule has 4 aliphatic rings. The first kappa shape index (κ1) is 24.6. The number of unbranched alkanes of at least 4 members (excludes halogenated alkanes) is 3. The number of halogens is 1. The van der Waals surface area contributed by atoms with E-state index in [1.54, 1.807) is 11.1 Å². The molecule has 2 fully saturated rings. The van der Waals surface area contributed by atoms with Crippen molar-refractivity contribution in [3.63, 3.8) is 0 Å². The molecule has 2 nitrogen and oxygen atoms in total. The van der Waals surface area contributed by atoms with E-state index in [4.69, 9.17) is 4.74 Å². The first-order chi connectivity index (χ1) is 12.6. The summed E-state index contributed by atoms with van der Waals surface area (Å²) in [6, 6.07) is 0. The number of fused-ring (bicyclic) bond motifs is 4. The molecular formula is C24H35BrMgO2. The van der Waals surface area contributed by atoms with Crippen LogP contribution in [0.3, 0.4) is 0 Å². The number of allylic oxidation sites excluding steroid dienone is 4. The van der Waals surface area contributed by atoms with E-state index >= 15 is 0 Å². The zero-order valence-corrected chi connectivity index (χ0v) is 20.6. The first-order valence-electron chi connectivity index (χ1n) is 11.0. The first-order valence-corrected chi connectivity index (χ1v) is 11.0. The zero-order chi connectivity index (χ0) is 18.1. The van der Waals surface area contributed by atoms with Gasteiger partial charge in [0.05, 0.1) is 6.10 Å². The van der Waals surface area contributed by atoms with Gasteiger partial charge in [-0.25, -0.2) is 0 Å². The SMILES string of the molecule is [Br-].[CH2-]CCCCCO[C@H]1CC[C@H]2[C@@H]3CCC4=CC(=O)CCC4=C3CC[C@]12C.[Mg+2]. The van der Waals surface area contributed by atoms with Gasteiger partial charge in [0.2, 0.25) is 0 Å². The maximum absolute atomic E-state index is 11.8. The molecule has 0 unspecified atom stereocenters. The van der Waals surface area contributed by atoms with Crippen LogP contribution in [0.4, 0.5) is 0 Å². The molecule has 0 aromatic rings. The van der Waals surface area contributed by atoms with E-state index in [9.17, 15) is 4.79 Å². The molecule has 4 rings (SSSR count). The third-order valence-electron chi connectivity index (χ3n) is 7.86. The van der Waals surface area contributed by atoms with Crippen LogP contribution in [0.25, 0.3) is 0 Å². The number of hydrogen-bond acceptors (Lipinski definition) is 2. The summed E-state index contributed by atoms with van der Waals surface area (Å²) in [5.74, 6) is 1.90. The Hall–Kier alpha value is 0.356. The number of ether oxygens (including phenoxy) is 1. The van der Waals surface area contributed by atoms with Gasteiger partial charge in [-0.05, 0) is 85.8 Å². The van der Waals surface area contributed by atoms with Gasteiger partial charge in [-0.1, -0.05) is 25.3 Å². The Morgan fingerprint density at radius 2 is 1.93 bits per heavy atom. The number of hydrogen-bond donors (Lipinski definition) is 0. The normalized spacial score (nSPS) is 33.9. The molecule has 0 heterocycles. The number of carbonyl (C=O) groups is 1. The van der Waals surface area contributed by atoms with E-state index in [0.29, 0.717) is 17.3 Å². The van der Waals surface area contributed by atoms with Gasteiger partial charge >= 0.3 is 23.1 Å². The second kappa shape index (κ2) is 10.6. The number of carbonyl (C=O) groups excluding carboxylic acids is 1. The molecule has 0 amide bonds. The quantitative estimate of drug-likeness (QED) is 0.347. The van der Waals surface area contributed by atoms with Crippen LogP contribution < -0.4 is 17.0 Å². The summed E-state index contributed by atoms with van der Waals surface area (Å²) in [4.78, 5) is 11.8. The van der Waals surface area contributed by atoms with Gasteiger partial charge in [0.25, 0.3) is 0 Å².